The first-order chi connectivity index (χ1) is 13.9. The molecule has 1 heterocycles. The van der Waals surface area contributed by atoms with Gasteiger partial charge in [-0.05, 0) is 68.0 Å². The Balaban J connectivity index is 1.37. The summed E-state index contributed by atoms with van der Waals surface area (Å²) in [5, 5.41) is 9.98. The Morgan fingerprint density at radius 3 is 2.67 bits per heavy atom. The van der Waals surface area contributed by atoms with E-state index in [0.717, 1.165) is 24.8 Å². The molecule has 0 saturated carbocycles. The van der Waals surface area contributed by atoms with Crippen molar-refractivity contribution in [1.82, 2.24) is 4.90 Å². The second-order valence-electron chi connectivity index (χ2n) is 7.59. The van der Waals surface area contributed by atoms with Crippen molar-refractivity contribution >= 4 is 5.78 Å². The SMILES string of the molecule is [2H]C([2H])(c1ccccc1)N1CCC(CC2Cc3cc(OC)c(O)cc3C2=O)CC1. The maximum Gasteiger partial charge on any atom is 0.166 e. The van der Waals surface area contributed by atoms with E-state index >= 15 is 0 Å². The molecule has 2 aliphatic rings. The number of hydrogen-bond acceptors (Lipinski definition) is 4. The van der Waals surface area contributed by atoms with Crippen LogP contribution in [0, 0.1) is 11.8 Å². The van der Waals surface area contributed by atoms with E-state index in [9.17, 15) is 9.90 Å². The summed E-state index contributed by atoms with van der Waals surface area (Å²) in [6, 6.07) is 12.6. The van der Waals surface area contributed by atoms with Crippen molar-refractivity contribution in [3.63, 3.8) is 0 Å². The van der Waals surface area contributed by atoms with E-state index < -0.39 is 6.50 Å². The number of carbonyl (C=O) groups excluding carboxylic acids is 1. The lowest BCUT2D eigenvalue weighted by Gasteiger charge is -2.32. The lowest BCUT2D eigenvalue weighted by atomic mass is 9.85. The van der Waals surface area contributed by atoms with Gasteiger partial charge in [-0.25, -0.2) is 0 Å². The van der Waals surface area contributed by atoms with Gasteiger partial charge in [0.25, 0.3) is 0 Å². The van der Waals surface area contributed by atoms with E-state index in [-0.39, 0.29) is 17.5 Å². The molecular formula is C23H27NO3. The summed E-state index contributed by atoms with van der Waals surface area (Å²) in [4.78, 5) is 14.7. The minimum atomic E-state index is -1.47. The van der Waals surface area contributed by atoms with Gasteiger partial charge in [0, 0.05) is 20.7 Å². The standard InChI is InChI=1S/C23H27NO3/c1-27-22-13-18-12-19(23(26)20(18)14-21(22)25)11-16-7-9-24(10-8-16)15-17-5-3-2-4-6-17/h2-6,13-14,16,19,25H,7-12,15H2,1H3/i15D2. The first-order valence-electron chi connectivity index (χ1n) is 10.6. The number of hydrogen-bond donors (Lipinski definition) is 1. The maximum atomic E-state index is 12.8. The molecule has 0 aromatic heterocycles. The Morgan fingerprint density at radius 1 is 1.22 bits per heavy atom. The van der Waals surface area contributed by atoms with Crippen LogP contribution >= 0.6 is 0 Å². The van der Waals surface area contributed by atoms with Crippen LogP contribution in [0.3, 0.4) is 0 Å². The summed E-state index contributed by atoms with van der Waals surface area (Å²) in [6.07, 6.45) is 3.29. The van der Waals surface area contributed by atoms with Crippen molar-refractivity contribution in [3.8, 4) is 11.5 Å². The third-order valence-corrected chi connectivity index (χ3v) is 5.80. The van der Waals surface area contributed by atoms with Gasteiger partial charge < -0.3 is 9.84 Å². The molecule has 27 heavy (non-hydrogen) atoms. The minimum Gasteiger partial charge on any atom is -0.504 e. The molecule has 1 unspecified atom stereocenters. The highest BCUT2D eigenvalue weighted by atomic mass is 16.5. The highest BCUT2D eigenvalue weighted by molar-refractivity contribution is 6.02. The van der Waals surface area contributed by atoms with Crippen LogP contribution in [0.2, 0.25) is 0 Å². The average molecular weight is 367 g/mol. The van der Waals surface area contributed by atoms with Crippen LogP contribution in [0.5, 0.6) is 11.5 Å². The van der Waals surface area contributed by atoms with Crippen LogP contribution in [0.1, 0.15) is 43.5 Å². The van der Waals surface area contributed by atoms with Gasteiger partial charge >= 0.3 is 0 Å². The smallest absolute Gasteiger partial charge is 0.166 e. The van der Waals surface area contributed by atoms with E-state index in [1.807, 2.05) is 35.2 Å². The molecular weight excluding hydrogens is 338 g/mol. The molecule has 0 amide bonds. The van der Waals surface area contributed by atoms with Crippen molar-refractivity contribution in [2.24, 2.45) is 11.8 Å². The number of benzene rings is 2. The fourth-order valence-electron chi connectivity index (χ4n) is 4.32. The monoisotopic (exact) mass is 367 g/mol. The number of piperidine rings is 1. The largest absolute Gasteiger partial charge is 0.504 e. The molecule has 142 valence electrons. The summed E-state index contributed by atoms with van der Waals surface area (Å²) in [6.45, 7) is -0.0935. The molecule has 2 aromatic rings. The molecule has 4 rings (SSSR count). The summed E-state index contributed by atoms with van der Waals surface area (Å²) in [5.74, 6) is 0.890. The van der Waals surface area contributed by atoms with Gasteiger partial charge in [-0.2, -0.15) is 0 Å². The first-order valence-corrected chi connectivity index (χ1v) is 9.65. The van der Waals surface area contributed by atoms with Crippen LogP contribution in [-0.2, 0) is 12.9 Å². The van der Waals surface area contributed by atoms with Crippen molar-refractivity contribution < 1.29 is 17.4 Å². The quantitative estimate of drug-likeness (QED) is 0.866. The number of phenolic OH excluding ortho intramolecular Hbond substituents is 1. The van der Waals surface area contributed by atoms with Crippen molar-refractivity contribution in [2.75, 3.05) is 20.2 Å². The lowest BCUT2D eigenvalue weighted by molar-refractivity contribution is 0.0895. The highest BCUT2D eigenvalue weighted by Crippen LogP contribution is 2.39. The highest BCUT2D eigenvalue weighted by Gasteiger charge is 2.34. The molecule has 1 N–H and O–H groups in total. The molecule has 1 aliphatic carbocycles. The van der Waals surface area contributed by atoms with Gasteiger partial charge in [-0.15, -0.1) is 0 Å². The number of nitrogens with zero attached hydrogens (tertiary/aromatic N) is 1. The molecule has 1 fully saturated rings. The number of phenols is 1. The number of fused-ring (bicyclic) bond motifs is 1. The molecule has 1 aliphatic heterocycles. The molecule has 0 spiro atoms. The van der Waals surface area contributed by atoms with Crippen LogP contribution in [0.4, 0.5) is 0 Å². The van der Waals surface area contributed by atoms with Gasteiger partial charge in [0.2, 0.25) is 0 Å². The summed E-state index contributed by atoms with van der Waals surface area (Å²) < 4.78 is 22.2. The van der Waals surface area contributed by atoms with E-state index in [1.165, 1.54) is 13.2 Å². The van der Waals surface area contributed by atoms with E-state index in [0.29, 0.717) is 42.3 Å². The third kappa shape index (κ3) is 3.86. The number of likely N-dealkylation sites (tertiary alicyclic amines) is 1. The summed E-state index contributed by atoms with van der Waals surface area (Å²) in [5.41, 5.74) is 2.26. The molecule has 0 bridgehead atoms. The van der Waals surface area contributed by atoms with E-state index in [4.69, 9.17) is 7.48 Å². The molecule has 0 radical (unpaired) electrons. The molecule has 1 atom stereocenters. The fraction of sp³-hybridized carbons (Fsp3) is 0.435. The number of aromatic hydroxyl groups is 1. The van der Waals surface area contributed by atoms with E-state index in [1.54, 1.807) is 6.07 Å². The second kappa shape index (κ2) is 7.73. The molecule has 1 saturated heterocycles. The van der Waals surface area contributed by atoms with Gasteiger partial charge in [0.1, 0.15) is 0 Å². The van der Waals surface area contributed by atoms with Gasteiger partial charge in [-0.1, -0.05) is 30.3 Å². The number of methoxy groups -OCH3 is 1. The number of carbonyl (C=O) groups is 1. The zero-order chi connectivity index (χ0) is 20.6. The van der Waals surface area contributed by atoms with Gasteiger partial charge in [0.05, 0.1) is 7.11 Å². The van der Waals surface area contributed by atoms with Crippen LogP contribution in [0.25, 0.3) is 0 Å². The summed E-state index contributed by atoms with van der Waals surface area (Å²) >= 11 is 0. The van der Waals surface area contributed by atoms with Crippen LogP contribution in [0.15, 0.2) is 42.5 Å². The Morgan fingerprint density at radius 2 is 1.96 bits per heavy atom. The third-order valence-electron chi connectivity index (χ3n) is 5.80. The van der Waals surface area contributed by atoms with Gasteiger partial charge in [-0.3, -0.25) is 9.69 Å². The number of rotatable bonds is 5. The Labute approximate surface area is 163 Å². The van der Waals surface area contributed by atoms with Crippen LogP contribution in [-0.4, -0.2) is 36.0 Å². The van der Waals surface area contributed by atoms with Crippen molar-refractivity contribution in [2.45, 2.75) is 32.2 Å². The lowest BCUT2D eigenvalue weighted by Crippen LogP contribution is -2.34. The molecule has 4 nitrogen and oxygen atoms in total. The molecule has 2 aromatic carbocycles. The normalized spacial score (nSPS) is 22.3. The zero-order valence-corrected chi connectivity index (χ0v) is 15.6. The Kier molecular flexibility index (Phi) is 4.50. The fourth-order valence-corrected chi connectivity index (χ4v) is 4.32. The summed E-state index contributed by atoms with van der Waals surface area (Å²) in [7, 11) is 1.51. The predicted molar refractivity (Wildman–Crippen MR) is 105 cm³/mol. The number of ketones is 1. The zero-order valence-electron chi connectivity index (χ0n) is 17.6. The first kappa shape index (κ1) is 15.7. The van der Waals surface area contributed by atoms with Crippen LogP contribution < -0.4 is 4.74 Å². The number of ether oxygens (including phenoxy) is 1. The Hall–Kier alpha value is -2.33. The van der Waals surface area contributed by atoms with E-state index in [2.05, 4.69) is 0 Å². The average Bonchev–Trinajstić information content (AvgIpc) is 3.03. The van der Waals surface area contributed by atoms with Gasteiger partial charge in [0.15, 0.2) is 17.3 Å². The van der Waals surface area contributed by atoms with Crippen molar-refractivity contribution in [3.05, 3.63) is 59.2 Å². The second-order valence-corrected chi connectivity index (χ2v) is 7.59. The Bertz CT molecular complexity index is 892. The minimum absolute atomic E-state index is 0.0108. The maximum absolute atomic E-state index is 12.8. The predicted octanol–water partition coefficient (Wildman–Crippen LogP) is 4.06. The molecule has 4 heteroatoms. The topological polar surface area (TPSA) is 49.8 Å². The van der Waals surface area contributed by atoms with Crippen molar-refractivity contribution in [1.29, 1.82) is 0 Å². The number of Topliss-reactive ketones (excluding diaryl/α,β-unsaturated/α-hetero) is 1.